The average molecular weight is 562 g/mol. The molecule has 9 heteroatoms. The molecule has 2 aromatic heterocycles. The first kappa shape index (κ1) is 26.8. The Bertz CT molecular complexity index is 1520. The highest BCUT2D eigenvalue weighted by Gasteiger charge is 2.41. The van der Waals surface area contributed by atoms with Crippen LogP contribution in [0.4, 0.5) is 10.1 Å². The Morgan fingerprint density at radius 1 is 1.10 bits per heavy atom. The lowest BCUT2D eigenvalue weighted by Gasteiger charge is -2.28. The summed E-state index contributed by atoms with van der Waals surface area (Å²) in [4.78, 5) is 19.5. The van der Waals surface area contributed by atoms with Crippen LogP contribution >= 0.6 is 23.8 Å². The van der Waals surface area contributed by atoms with E-state index in [0.29, 0.717) is 22.4 Å². The number of aryl methyl sites for hydroxylation is 2. The monoisotopic (exact) mass is 561 g/mol. The normalized spacial score (nSPS) is 16.8. The zero-order valence-corrected chi connectivity index (χ0v) is 23.5. The third-order valence-corrected chi connectivity index (χ3v) is 7.69. The first-order valence-electron chi connectivity index (χ1n) is 12.7. The summed E-state index contributed by atoms with van der Waals surface area (Å²) in [6.45, 7) is 6.64. The molecule has 4 aromatic rings. The van der Waals surface area contributed by atoms with Crippen molar-refractivity contribution < 1.29 is 9.18 Å². The summed E-state index contributed by atoms with van der Waals surface area (Å²) in [7, 11) is 0. The number of thiocarbonyl (C=S) groups is 1. The minimum atomic E-state index is -0.351. The van der Waals surface area contributed by atoms with Crippen molar-refractivity contribution in [3.63, 3.8) is 0 Å². The molecule has 0 spiro atoms. The minimum absolute atomic E-state index is 0.176. The van der Waals surface area contributed by atoms with Gasteiger partial charge < -0.3 is 20.1 Å². The summed E-state index contributed by atoms with van der Waals surface area (Å²) in [6, 6.07) is 19.2. The summed E-state index contributed by atoms with van der Waals surface area (Å²) in [5, 5.41) is 7.53. The number of amides is 1. The van der Waals surface area contributed by atoms with Gasteiger partial charge in [-0.25, -0.2) is 4.39 Å². The smallest absolute Gasteiger partial charge is 0.226 e. The van der Waals surface area contributed by atoms with Crippen LogP contribution in [0.25, 0.3) is 5.69 Å². The standard InChI is InChI=1S/C30H29ClFN5OS/c1-18-7-8-21(31)17-26(18)37-19(2)16-24(20(37)3)29-28(25-6-4-5-14-33-25)35-30(39)36(29)15-13-27(38)34-23-11-9-22(32)10-12-23/h4-12,14,16-17,28-29H,13,15H2,1-3H3,(H,34,38)(H,35,39)/t28-,29-/m0/s1. The maximum Gasteiger partial charge on any atom is 0.226 e. The lowest BCUT2D eigenvalue weighted by atomic mass is 9.96. The van der Waals surface area contributed by atoms with Gasteiger partial charge in [-0.2, -0.15) is 0 Å². The van der Waals surface area contributed by atoms with Crippen molar-refractivity contribution in [1.29, 1.82) is 0 Å². The van der Waals surface area contributed by atoms with Gasteiger partial charge in [0.05, 0.1) is 17.8 Å². The average Bonchev–Trinajstić information content (AvgIpc) is 3.40. The number of rotatable bonds is 7. The van der Waals surface area contributed by atoms with Crippen molar-refractivity contribution in [1.82, 2.24) is 19.8 Å². The molecule has 0 aliphatic carbocycles. The molecule has 0 saturated carbocycles. The summed E-state index contributed by atoms with van der Waals surface area (Å²) in [5.74, 6) is -0.528. The number of nitrogens with zero attached hydrogens (tertiary/aromatic N) is 3. The highest BCUT2D eigenvalue weighted by atomic mass is 35.5. The summed E-state index contributed by atoms with van der Waals surface area (Å²) in [6.07, 6.45) is 1.98. The molecule has 3 heterocycles. The third kappa shape index (κ3) is 5.53. The van der Waals surface area contributed by atoms with Gasteiger partial charge in [-0.3, -0.25) is 9.78 Å². The van der Waals surface area contributed by atoms with Crippen LogP contribution in [-0.2, 0) is 4.79 Å². The number of carbonyl (C=O) groups is 1. The number of pyridine rings is 1. The molecule has 1 aliphatic rings. The molecule has 1 saturated heterocycles. The largest absolute Gasteiger partial charge is 0.352 e. The Labute approximate surface area is 237 Å². The van der Waals surface area contributed by atoms with Gasteiger partial charge in [0.25, 0.3) is 0 Å². The lowest BCUT2D eigenvalue weighted by molar-refractivity contribution is -0.116. The molecular formula is C30H29ClFN5OS. The highest BCUT2D eigenvalue weighted by molar-refractivity contribution is 7.80. The number of halogens is 2. The quantitative estimate of drug-likeness (QED) is 0.249. The molecule has 2 atom stereocenters. The van der Waals surface area contributed by atoms with Crippen LogP contribution in [0.1, 0.15) is 46.7 Å². The molecule has 2 N–H and O–H groups in total. The van der Waals surface area contributed by atoms with Crippen molar-refractivity contribution in [3.05, 3.63) is 112 Å². The van der Waals surface area contributed by atoms with Gasteiger partial charge in [-0.1, -0.05) is 23.7 Å². The van der Waals surface area contributed by atoms with E-state index in [1.54, 1.807) is 18.3 Å². The lowest BCUT2D eigenvalue weighted by Crippen LogP contribution is -2.32. The van der Waals surface area contributed by atoms with Crippen LogP contribution in [-0.4, -0.2) is 32.0 Å². The van der Waals surface area contributed by atoms with E-state index in [1.807, 2.05) is 36.4 Å². The molecule has 5 rings (SSSR count). The molecule has 6 nitrogen and oxygen atoms in total. The molecular weight excluding hydrogens is 533 g/mol. The van der Waals surface area contributed by atoms with E-state index in [-0.39, 0.29) is 30.2 Å². The maximum atomic E-state index is 13.3. The molecule has 200 valence electrons. The van der Waals surface area contributed by atoms with E-state index in [1.165, 1.54) is 12.1 Å². The zero-order valence-electron chi connectivity index (χ0n) is 21.9. The number of hydrogen-bond acceptors (Lipinski definition) is 3. The summed E-state index contributed by atoms with van der Waals surface area (Å²) in [5.41, 5.74) is 6.78. The van der Waals surface area contributed by atoms with Crippen molar-refractivity contribution in [3.8, 4) is 5.69 Å². The Kier molecular flexibility index (Phi) is 7.68. The minimum Gasteiger partial charge on any atom is -0.352 e. The van der Waals surface area contributed by atoms with Gasteiger partial charge in [-0.15, -0.1) is 0 Å². The van der Waals surface area contributed by atoms with Crippen LogP contribution in [0.2, 0.25) is 5.02 Å². The van der Waals surface area contributed by atoms with Crippen LogP contribution in [0.15, 0.2) is 72.9 Å². The van der Waals surface area contributed by atoms with Gasteiger partial charge >= 0.3 is 0 Å². The molecule has 39 heavy (non-hydrogen) atoms. The van der Waals surface area contributed by atoms with E-state index in [2.05, 4.69) is 51.9 Å². The highest BCUT2D eigenvalue weighted by Crippen LogP contribution is 2.41. The molecule has 2 aromatic carbocycles. The second kappa shape index (κ2) is 11.2. The van der Waals surface area contributed by atoms with Gasteiger partial charge in [0.15, 0.2) is 5.11 Å². The van der Waals surface area contributed by atoms with Gasteiger partial charge in [0.1, 0.15) is 5.82 Å². The molecule has 0 bridgehead atoms. The first-order chi connectivity index (χ1) is 18.7. The molecule has 1 fully saturated rings. The number of hydrogen-bond donors (Lipinski definition) is 2. The Morgan fingerprint density at radius 2 is 1.87 bits per heavy atom. The summed E-state index contributed by atoms with van der Waals surface area (Å²) < 4.78 is 15.5. The third-order valence-electron chi connectivity index (χ3n) is 7.11. The van der Waals surface area contributed by atoms with Crippen molar-refractivity contribution >= 4 is 40.5 Å². The number of anilines is 1. The molecule has 0 radical (unpaired) electrons. The van der Waals surface area contributed by atoms with Crippen LogP contribution < -0.4 is 10.6 Å². The van der Waals surface area contributed by atoms with Crippen LogP contribution in [0.5, 0.6) is 0 Å². The van der Waals surface area contributed by atoms with E-state index in [0.717, 1.165) is 33.9 Å². The number of nitrogens with one attached hydrogen (secondary N) is 2. The topological polar surface area (TPSA) is 62.2 Å². The fraction of sp³-hybridized carbons (Fsp3) is 0.233. The first-order valence-corrected chi connectivity index (χ1v) is 13.5. The van der Waals surface area contributed by atoms with Gasteiger partial charge in [-0.05, 0) is 98.7 Å². The van der Waals surface area contributed by atoms with Crippen LogP contribution in [0, 0.1) is 26.6 Å². The van der Waals surface area contributed by atoms with Crippen molar-refractivity contribution in [2.24, 2.45) is 0 Å². The SMILES string of the molecule is Cc1ccc(Cl)cc1-n1c(C)cc([C@H]2[C@H](c3ccccn3)NC(=S)N2CCC(=O)Nc2ccc(F)cc2)c1C. The van der Waals surface area contributed by atoms with E-state index >= 15 is 0 Å². The Balaban J connectivity index is 1.48. The Morgan fingerprint density at radius 3 is 2.59 bits per heavy atom. The predicted octanol–water partition coefficient (Wildman–Crippen LogP) is 6.59. The summed E-state index contributed by atoms with van der Waals surface area (Å²) >= 11 is 12.2. The van der Waals surface area contributed by atoms with Crippen LogP contribution in [0.3, 0.4) is 0 Å². The zero-order chi connectivity index (χ0) is 27.7. The second-order valence-corrected chi connectivity index (χ2v) is 10.5. The number of aromatic nitrogens is 2. The van der Waals surface area contributed by atoms with Gasteiger partial charge in [0, 0.05) is 46.9 Å². The second-order valence-electron chi connectivity index (χ2n) is 9.72. The van der Waals surface area contributed by atoms with Crippen molar-refractivity contribution in [2.45, 2.75) is 39.3 Å². The van der Waals surface area contributed by atoms with E-state index < -0.39 is 0 Å². The molecule has 1 amide bonds. The predicted molar refractivity (Wildman–Crippen MR) is 157 cm³/mol. The number of carbonyl (C=O) groups excluding carboxylic acids is 1. The van der Waals surface area contributed by atoms with Gasteiger partial charge in [0.2, 0.25) is 5.91 Å². The Hall–Kier alpha value is -3.75. The fourth-order valence-corrected chi connectivity index (χ4v) is 5.74. The fourth-order valence-electron chi connectivity index (χ4n) is 5.24. The molecule has 1 aliphatic heterocycles. The number of benzene rings is 2. The molecule has 0 unspecified atom stereocenters. The maximum absolute atomic E-state index is 13.3. The van der Waals surface area contributed by atoms with E-state index in [4.69, 9.17) is 23.8 Å². The van der Waals surface area contributed by atoms with Crippen molar-refractivity contribution in [2.75, 3.05) is 11.9 Å². The van der Waals surface area contributed by atoms with E-state index in [9.17, 15) is 9.18 Å².